The molecule has 3 heteroatoms. The van der Waals surface area contributed by atoms with Crippen molar-refractivity contribution >= 4 is 15.9 Å². The minimum Gasteiger partial charge on any atom is -0.310 e. The number of halogens is 1. The van der Waals surface area contributed by atoms with Crippen molar-refractivity contribution in [2.24, 2.45) is 17.8 Å². The molecule has 0 saturated heterocycles. The molecule has 1 heterocycles. The molecule has 2 nitrogen and oxygen atoms in total. The van der Waals surface area contributed by atoms with Crippen LogP contribution in [0.1, 0.15) is 45.6 Å². The molecule has 1 fully saturated rings. The van der Waals surface area contributed by atoms with E-state index in [0.717, 1.165) is 28.8 Å². The van der Waals surface area contributed by atoms with Crippen molar-refractivity contribution in [3.05, 3.63) is 28.5 Å². The van der Waals surface area contributed by atoms with E-state index < -0.39 is 0 Å². The summed E-state index contributed by atoms with van der Waals surface area (Å²) in [5, 5.41) is 3.77. The van der Waals surface area contributed by atoms with E-state index in [1.807, 2.05) is 12.4 Å². The third-order valence-corrected chi connectivity index (χ3v) is 4.79. The first-order valence-electron chi connectivity index (χ1n) is 7.39. The van der Waals surface area contributed by atoms with Gasteiger partial charge < -0.3 is 5.32 Å². The third-order valence-electron chi connectivity index (χ3n) is 4.35. The second kappa shape index (κ2) is 6.85. The zero-order chi connectivity index (χ0) is 13.8. The van der Waals surface area contributed by atoms with Gasteiger partial charge >= 0.3 is 0 Å². The Bertz CT molecular complexity index is 405. The standard InChI is InChI=1S/C16H25BrN2/c1-11(2)15-5-4-12(3)6-16(15)19-9-13-7-14(17)10-18-8-13/h7-8,10-12,15-16,19H,4-6,9H2,1-3H3. The van der Waals surface area contributed by atoms with Gasteiger partial charge in [0.15, 0.2) is 0 Å². The molecule has 0 aromatic carbocycles. The molecule has 0 amide bonds. The molecule has 1 aliphatic carbocycles. The van der Waals surface area contributed by atoms with Crippen molar-refractivity contribution in [3.63, 3.8) is 0 Å². The molecule has 0 aliphatic heterocycles. The van der Waals surface area contributed by atoms with E-state index in [1.165, 1.54) is 24.8 Å². The van der Waals surface area contributed by atoms with Crippen LogP contribution in [-0.2, 0) is 6.54 Å². The number of pyridine rings is 1. The van der Waals surface area contributed by atoms with Gasteiger partial charge in [0.1, 0.15) is 0 Å². The highest BCUT2D eigenvalue weighted by Gasteiger charge is 2.30. The van der Waals surface area contributed by atoms with E-state index in [9.17, 15) is 0 Å². The first-order chi connectivity index (χ1) is 9.06. The maximum atomic E-state index is 4.23. The fraction of sp³-hybridized carbons (Fsp3) is 0.688. The average molecular weight is 325 g/mol. The number of aromatic nitrogens is 1. The topological polar surface area (TPSA) is 24.9 Å². The lowest BCUT2D eigenvalue weighted by molar-refractivity contribution is 0.169. The fourth-order valence-corrected chi connectivity index (χ4v) is 3.65. The van der Waals surface area contributed by atoms with Crippen LogP contribution < -0.4 is 5.32 Å². The largest absolute Gasteiger partial charge is 0.310 e. The van der Waals surface area contributed by atoms with Crippen LogP contribution in [0.3, 0.4) is 0 Å². The molecule has 1 aliphatic rings. The van der Waals surface area contributed by atoms with Crippen LogP contribution in [0.4, 0.5) is 0 Å². The van der Waals surface area contributed by atoms with Crippen molar-refractivity contribution in [2.45, 2.75) is 52.6 Å². The van der Waals surface area contributed by atoms with Gasteiger partial charge in [-0.3, -0.25) is 4.98 Å². The van der Waals surface area contributed by atoms with Gasteiger partial charge in [0.2, 0.25) is 0 Å². The van der Waals surface area contributed by atoms with E-state index in [2.05, 4.69) is 53.1 Å². The zero-order valence-electron chi connectivity index (χ0n) is 12.2. The minimum absolute atomic E-state index is 0.655. The Kier molecular flexibility index (Phi) is 5.40. The van der Waals surface area contributed by atoms with Gasteiger partial charge in [0, 0.05) is 29.5 Å². The summed E-state index contributed by atoms with van der Waals surface area (Å²) in [6.07, 6.45) is 7.86. The summed E-state index contributed by atoms with van der Waals surface area (Å²) in [6, 6.07) is 2.80. The van der Waals surface area contributed by atoms with E-state index in [-0.39, 0.29) is 0 Å². The lowest BCUT2D eigenvalue weighted by Crippen LogP contribution is -2.42. The van der Waals surface area contributed by atoms with Crippen molar-refractivity contribution in [1.29, 1.82) is 0 Å². The summed E-state index contributed by atoms with van der Waals surface area (Å²) in [7, 11) is 0. The van der Waals surface area contributed by atoms with Gasteiger partial charge in [-0.05, 0) is 58.2 Å². The van der Waals surface area contributed by atoms with Crippen molar-refractivity contribution < 1.29 is 0 Å². The number of hydrogen-bond donors (Lipinski definition) is 1. The highest BCUT2D eigenvalue weighted by molar-refractivity contribution is 9.10. The Hall–Kier alpha value is -0.410. The Morgan fingerprint density at radius 1 is 1.37 bits per heavy atom. The lowest BCUT2D eigenvalue weighted by atomic mass is 9.74. The second-order valence-electron chi connectivity index (χ2n) is 6.32. The Balaban J connectivity index is 1.95. The molecule has 1 saturated carbocycles. The maximum Gasteiger partial charge on any atom is 0.0410 e. The lowest BCUT2D eigenvalue weighted by Gasteiger charge is -2.38. The maximum absolute atomic E-state index is 4.23. The van der Waals surface area contributed by atoms with Gasteiger partial charge in [-0.1, -0.05) is 27.2 Å². The Morgan fingerprint density at radius 3 is 2.84 bits per heavy atom. The molecule has 0 radical (unpaired) electrons. The molecule has 3 unspecified atom stereocenters. The highest BCUT2D eigenvalue weighted by Crippen LogP contribution is 2.33. The minimum atomic E-state index is 0.655. The van der Waals surface area contributed by atoms with Gasteiger partial charge in [0.05, 0.1) is 0 Å². The van der Waals surface area contributed by atoms with E-state index in [0.29, 0.717) is 6.04 Å². The predicted octanol–water partition coefficient (Wildman–Crippen LogP) is 4.39. The number of rotatable bonds is 4. The zero-order valence-corrected chi connectivity index (χ0v) is 13.8. The van der Waals surface area contributed by atoms with E-state index in [1.54, 1.807) is 0 Å². The van der Waals surface area contributed by atoms with Crippen LogP contribution in [0, 0.1) is 17.8 Å². The summed E-state index contributed by atoms with van der Waals surface area (Å²) in [6.45, 7) is 8.02. The predicted molar refractivity (Wildman–Crippen MR) is 83.9 cm³/mol. The van der Waals surface area contributed by atoms with Crippen LogP contribution in [0.15, 0.2) is 22.9 Å². The van der Waals surface area contributed by atoms with Gasteiger partial charge in [-0.2, -0.15) is 0 Å². The van der Waals surface area contributed by atoms with Crippen LogP contribution in [0.5, 0.6) is 0 Å². The summed E-state index contributed by atoms with van der Waals surface area (Å²) in [4.78, 5) is 4.23. The smallest absolute Gasteiger partial charge is 0.0410 e. The quantitative estimate of drug-likeness (QED) is 0.888. The molecular formula is C16H25BrN2. The van der Waals surface area contributed by atoms with Gasteiger partial charge in [-0.15, -0.1) is 0 Å². The summed E-state index contributed by atoms with van der Waals surface area (Å²) in [5.74, 6) is 2.44. The van der Waals surface area contributed by atoms with Gasteiger partial charge in [0.25, 0.3) is 0 Å². The molecule has 2 rings (SSSR count). The first kappa shape index (κ1) is 15.0. The second-order valence-corrected chi connectivity index (χ2v) is 7.24. The monoisotopic (exact) mass is 324 g/mol. The van der Waals surface area contributed by atoms with Crippen LogP contribution >= 0.6 is 15.9 Å². The molecule has 19 heavy (non-hydrogen) atoms. The molecule has 3 atom stereocenters. The Morgan fingerprint density at radius 2 is 2.16 bits per heavy atom. The number of hydrogen-bond acceptors (Lipinski definition) is 2. The van der Waals surface area contributed by atoms with Crippen LogP contribution in [-0.4, -0.2) is 11.0 Å². The molecule has 1 N–H and O–H groups in total. The van der Waals surface area contributed by atoms with E-state index >= 15 is 0 Å². The van der Waals surface area contributed by atoms with Crippen molar-refractivity contribution in [3.8, 4) is 0 Å². The molecule has 0 spiro atoms. The van der Waals surface area contributed by atoms with E-state index in [4.69, 9.17) is 0 Å². The summed E-state index contributed by atoms with van der Waals surface area (Å²) >= 11 is 3.48. The number of nitrogens with one attached hydrogen (secondary N) is 1. The summed E-state index contributed by atoms with van der Waals surface area (Å²) < 4.78 is 1.06. The molecule has 0 bridgehead atoms. The van der Waals surface area contributed by atoms with Gasteiger partial charge in [-0.25, -0.2) is 0 Å². The molecular weight excluding hydrogens is 300 g/mol. The molecule has 1 aromatic rings. The Labute approximate surface area is 125 Å². The number of nitrogens with zero attached hydrogens (tertiary/aromatic N) is 1. The summed E-state index contributed by atoms with van der Waals surface area (Å²) in [5.41, 5.74) is 1.26. The molecule has 1 aromatic heterocycles. The SMILES string of the molecule is CC1CCC(C(C)C)C(NCc2cncc(Br)c2)C1. The average Bonchev–Trinajstić information content (AvgIpc) is 2.36. The first-order valence-corrected chi connectivity index (χ1v) is 8.18. The van der Waals surface area contributed by atoms with Crippen LogP contribution in [0.2, 0.25) is 0 Å². The highest BCUT2D eigenvalue weighted by atomic mass is 79.9. The fourth-order valence-electron chi connectivity index (χ4n) is 3.24. The molecule has 106 valence electrons. The van der Waals surface area contributed by atoms with Crippen LogP contribution in [0.25, 0.3) is 0 Å². The van der Waals surface area contributed by atoms with Crippen molar-refractivity contribution in [2.75, 3.05) is 0 Å². The van der Waals surface area contributed by atoms with Crippen molar-refractivity contribution in [1.82, 2.24) is 10.3 Å². The third kappa shape index (κ3) is 4.28. The normalized spacial score (nSPS) is 27.7.